The fraction of sp³-hybridized carbons (Fsp3) is 0.462. The smallest absolute Gasteiger partial charge is 0.450 e. The summed E-state index contributed by atoms with van der Waals surface area (Å²) >= 11 is 0. The minimum absolute atomic E-state index is 0.116. The summed E-state index contributed by atoms with van der Waals surface area (Å²) in [4.78, 5) is 21.6. The molecule has 1 saturated carbocycles. The third kappa shape index (κ3) is 2.22. The van der Waals surface area contributed by atoms with Crippen LogP contribution in [0.2, 0.25) is 0 Å². The van der Waals surface area contributed by atoms with Crippen LogP contribution in [0.5, 0.6) is 0 Å². The number of furan rings is 2. The maximum absolute atomic E-state index is 11.1. The zero-order valence-corrected chi connectivity index (χ0v) is 10.9. The molecule has 2 aromatic rings. The van der Waals surface area contributed by atoms with Crippen molar-refractivity contribution in [3.63, 3.8) is 0 Å². The molecule has 8 nitrogen and oxygen atoms in total. The van der Waals surface area contributed by atoms with Gasteiger partial charge < -0.3 is 18.7 Å². The molecule has 0 unspecified atom stereocenters. The molecule has 0 aliphatic heterocycles. The molecule has 21 heavy (non-hydrogen) atoms. The number of hydrogen-bond donors (Lipinski definition) is 1. The van der Waals surface area contributed by atoms with E-state index in [0.717, 1.165) is 0 Å². The van der Waals surface area contributed by atoms with Gasteiger partial charge in [-0.3, -0.25) is 10.1 Å². The lowest BCUT2D eigenvalue weighted by Crippen LogP contribution is -2.39. The normalized spacial score (nSPS) is 26.5. The van der Waals surface area contributed by atoms with Gasteiger partial charge in [0.2, 0.25) is 6.04 Å². The minimum atomic E-state index is -1.49. The first-order chi connectivity index (χ1) is 10.4. The van der Waals surface area contributed by atoms with Gasteiger partial charge in [0.1, 0.15) is 13.2 Å². The molecule has 1 aliphatic rings. The fourth-order valence-corrected chi connectivity index (χ4v) is 2.90. The average Bonchev–Trinajstić information content (AvgIpc) is 2.97. The van der Waals surface area contributed by atoms with Crippen molar-refractivity contribution in [3.05, 3.63) is 34.2 Å². The van der Waals surface area contributed by atoms with E-state index in [0.29, 0.717) is 5.39 Å². The Hall–Kier alpha value is -2.51. The Kier molecular flexibility index (Phi) is 2.80. The van der Waals surface area contributed by atoms with Crippen LogP contribution in [0.3, 0.4) is 0 Å². The maximum Gasteiger partial charge on any atom is 0.506 e. The van der Waals surface area contributed by atoms with Gasteiger partial charge in [-0.1, -0.05) is 0 Å². The highest BCUT2D eigenvalue weighted by atomic mass is 16.7. The molecule has 112 valence electrons. The third-order valence-electron chi connectivity index (χ3n) is 3.94. The third-order valence-corrected chi connectivity index (χ3v) is 3.94. The Bertz CT molecular complexity index is 726. The van der Waals surface area contributed by atoms with Gasteiger partial charge in [-0.2, -0.15) is 0 Å². The summed E-state index contributed by atoms with van der Waals surface area (Å²) in [7, 11) is 0. The van der Waals surface area contributed by atoms with Crippen molar-refractivity contribution in [2.45, 2.75) is 37.3 Å². The maximum atomic E-state index is 11.1. The lowest BCUT2D eigenvalue weighted by Gasteiger charge is -2.35. The Balaban J connectivity index is 2.04. The number of carboxylic acid groups (broad SMARTS) is 1. The van der Waals surface area contributed by atoms with Crippen molar-refractivity contribution in [1.29, 1.82) is 0 Å². The molecule has 0 spiro atoms. The standard InChI is InChI=1S/C13H13NO7/c15-12(16)21-13(4-1-8(2-5-13)14(17)18)10-7-20-11-9(10)3-6-19-11/h3,6-8H,1-2,4-5H2,(H,15,16)/i7D. The van der Waals surface area contributed by atoms with E-state index in [1.165, 1.54) is 6.26 Å². The van der Waals surface area contributed by atoms with E-state index in [4.69, 9.17) is 20.0 Å². The van der Waals surface area contributed by atoms with Gasteiger partial charge in [-0.15, -0.1) is 0 Å². The van der Waals surface area contributed by atoms with E-state index >= 15 is 0 Å². The SMILES string of the molecule is [2H]c1oc2occc2c1C1(OC(=O)O)CCC([N+](=O)[O-])CC1. The second kappa shape index (κ2) is 4.80. The molecule has 0 saturated heterocycles. The average molecular weight is 296 g/mol. The van der Waals surface area contributed by atoms with Gasteiger partial charge in [0.25, 0.3) is 5.78 Å². The first-order valence-electron chi connectivity index (χ1n) is 6.95. The first kappa shape index (κ1) is 12.2. The lowest BCUT2D eigenvalue weighted by atomic mass is 9.77. The van der Waals surface area contributed by atoms with Crippen LogP contribution in [-0.2, 0) is 10.3 Å². The second-order valence-electron chi connectivity index (χ2n) is 5.08. The Morgan fingerprint density at radius 3 is 2.86 bits per heavy atom. The van der Waals surface area contributed by atoms with Crippen LogP contribution in [0.4, 0.5) is 4.79 Å². The predicted octanol–water partition coefficient (Wildman–Crippen LogP) is 3.14. The van der Waals surface area contributed by atoms with Gasteiger partial charge in [0.15, 0.2) is 0 Å². The highest BCUT2D eigenvalue weighted by molar-refractivity contribution is 5.78. The molecule has 3 rings (SSSR count). The van der Waals surface area contributed by atoms with Crippen LogP contribution in [0.15, 0.2) is 27.4 Å². The van der Waals surface area contributed by atoms with E-state index < -0.39 is 17.8 Å². The molecule has 1 fully saturated rings. The van der Waals surface area contributed by atoms with E-state index in [-0.39, 0.29) is 48.2 Å². The van der Waals surface area contributed by atoms with Crippen LogP contribution in [0, 0.1) is 10.1 Å². The zero-order chi connectivity index (χ0) is 15.9. The molecule has 0 aromatic carbocycles. The second-order valence-corrected chi connectivity index (χ2v) is 5.08. The van der Waals surface area contributed by atoms with Crippen molar-refractivity contribution >= 4 is 17.3 Å². The molecular weight excluding hydrogens is 282 g/mol. The molecule has 0 amide bonds. The number of rotatable bonds is 3. The van der Waals surface area contributed by atoms with Gasteiger partial charge in [0, 0.05) is 23.3 Å². The summed E-state index contributed by atoms with van der Waals surface area (Å²) in [6, 6.07) is 0.838. The molecule has 0 bridgehead atoms. The molecular formula is C13H13NO7. The summed E-state index contributed by atoms with van der Waals surface area (Å²) in [6.45, 7) is 0. The molecule has 0 atom stereocenters. The number of ether oxygens (including phenoxy) is 1. The number of fused-ring (bicyclic) bond motifs is 1. The molecule has 2 aromatic heterocycles. The highest BCUT2D eigenvalue weighted by Gasteiger charge is 2.45. The number of nitro groups is 1. The van der Waals surface area contributed by atoms with Crippen LogP contribution in [0.25, 0.3) is 11.2 Å². The van der Waals surface area contributed by atoms with Crippen molar-refractivity contribution in [3.8, 4) is 0 Å². The molecule has 2 heterocycles. The van der Waals surface area contributed by atoms with E-state index in [2.05, 4.69) is 0 Å². The van der Waals surface area contributed by atoms with E-state index in [1.54, 1.807) is 6.07 Å². The predicted molar refractivity (Wildman–Crippen MR) is 68.5 cm³/mol. The van der Waals surface area contributed by atoms with Crippen molar-refractivity contribution < 1.29 is 29.8 Å². The summed E-state index contributed by atoms with van der Waals surface area (Å²) in [5.41, 5.74) is -1.04. The highest BCUT2D eigenvalue weighted by Crippen LogP contribution is 2.44. The van der Waals surface area contributed by atoms with Crippen LogP contribution in [-0.4, -0.2) is 22.2 Å². The summed E-state index contributed by atoms with van der Waals surface area (Å²) < 4.78 is 23.3. The largest absolute Gasteiger partial charge is 0.506 e. The van der Waals surface area contributed by atoms with Gasteiger partial charge >= 0.3 is 6.16 Å². The molecule has 1 N–H and O–H groups in total. The van der Waals surface area contributed by atoms with E-state index in [1.807, 2.05) is 0 Å². The number of carbonyl (C=O) groups is 1. The number of nitrogens with zero attached hydrogens (tertiary/aromatic N) is 1. The summed E-state index contributed by atoms with van der Waals surface area (Å²) in [6.07, 6.45) is 0.225. The minimum Gasteiger partial charge on any atom is -0.450 e. The van der Waals surface area contributed by atoms with Crippen LogP contribution in [0.1, 0.15) is 32.6 Å². The van der Waals surface area contributed by atoms with Crippen LogP contribution >= 0.6 is 0 Å². The summed E-state index contributed by atoms with van der Waals surface area (Å²) in [5, 5.41) is 20.4. The van der Waals surface area contributed by atoms with Gasteiger partial charge in [-0.25, -0.2) is 4.79 Å². The topological polar surface area (TPSA) is 116 Å². The Morgan fingerprint density at radius 1 is 1.52 bits per heavy atom. The van der Waals surface area contributed by atoms with Crippen molar-refractivity contribution in [2.75, 3.05) is 0 Å². The Labute approximate surface area is 119 Å². The molecule has 0 radical (unpaired) electrons. The molecule has 1 aliphatic carbocycles. The van der Waals surface area contributed by atoms with Gasteiger partial charge in [-0.05, 0) is 18.9 Å². The zero-order valence-electron chi connectivity index (χ0n) is 11.9. The fourth-order valence-electron chi connectivity index (χ4n) is 2.90. The van der Waals surface area contributed by atoms with Gasteiger partial charge in [0.05, 0.1) is 11.6 Å². The quantitative estimate of drug-likeness (QED) is 0.525. The van der Waals surface area contributed by atoms with E-state index in [9.17, 15) is 14.9 Å². The first-order valence-corrected chi connectivity index (χ1v) is 6.45. The van der Waals surface area contributed by atoms with Crippen molar-refractivity contribution in [1.82, 2.24) is 0 Å². The molecule has 8 heteroatoms. The lowest BCUT2D eigenvalue weighted by molar-refractivity contribution is -0.528. The summed E-state index contributed by atoms with van der Waals surface area (Å²) in [5.74, 6) is 0.116. The monoisotopic (exact) mass is 296 g/mol. The Morgan fingerprint density at radius 2 is 2.24 bits per heavy atom. The van der Waals surface area contributed by atoms with Crippen LogP contribution < -0.4 is 0 Å². The number of hydrogen-bond acceptors (Lipinski definition) is 6. The van der Waals surface area contributed by atoms with Crippen molar-refractivity contribution in [2.24, 2.45) is 0 Å².